The summed E-state index contributed by atoms with van der Waals surface area (Å²) in [5, 5.41) is 3.80. The van der Waals surface area contributed by atoms with Crippen LogP contribution in [-0.4, -0.2) is 39.8 Å². The monoisotopic (exact) mass is 411 g/mol. The normalized spacial score (nSPS) is 16.0. The minimum Gasteiger partial charge on any atom is -0.444 e. The van der Waals surface area contributed by atoms with Crippen molar-refractivity contribution >= 4 is 17.7 Å². The molecule has 2 N–H and O–H groups in total. The third-order valence-electron chi connectivity index (χ3n) is 4.68. The molecule has 10 heteroatoms. The van der Waals surface area contributed by atoms with Gasteiger partial charge < -0.3 is 15.0 Å². The van der Waals surface area contributed by atoms with Crippen molar-refractivity contribution in [1.29, 1.82) is 0 Å². The number of rotatable bonds is 6. The number of nitrogens with two attached hydrogens (primary N) is 1. The van der Waals surface area contributed by atoms with E-state index in [1.54, 1.807) is 31.2 Å². The van der Waals surface area contributed by atoms with Crippen LogP contribution < -0.4 is 10.6 Å². The van der Waals surface area contributed by atoms with Gasteiger partial charge in [0.15, 0.2) is 0 Å². The molecule has 4 rings (SSSR count). The van der Waals surface area contributed by atoms with Gasteiger partial charge in [-0.15, -0.1) is 0 Å². The number of halogens is 1. The number of hydrogen-bond acceptors (Lipinski definition) is 7. The molecule has 1 aliphatic heterocycles. The molecule has 0 bridgehead atoms. The molecule has 9 nitrogen and oxygen atoms in total. The molecule has 1 atom stereocenters. The van der Waals surface area contributed by atoms with Gasteiger partial charge in [0.25, 0.3) is 0 Å². The van der Waals surface area contributed by atoms with Gasteiger partial charge in [-0.2, -0.15) is 4.98 Å². The quantitative estimate of drug-likeness (QED) is 0.661. The second kappa shape index (κ2) is 7.90. The topological polar surface area (TPSA) is 124 Å². The first-order valence-corrected chi connectivity index (χ1v) is 9.24. The van der Waals surface area contributed by atoms with Gasteiger partial charge in [-0.3, -0.25) is 14.7 Å². The summed E-state index contributed by atoms with van der Waals surface area (Å²) in [6, 6.07) is 7.85. The molecule has 0 aliphatic carbocycles. The highest BCUT2D eigenvalue weighted by molar-refractivity contribution is 5.90. The van der Waals surface area contributed by atoms with E-state index in [1.807, 2.05) is 0 Å². The number of benzene rings is 1. The summed E-state index contributed by atoms with van der Waals surface area (Å²) < 4.78 is 24.9. The van der Waals surface area contributed by atoms with Crippen LogP contribution in [0.3, 0.4) is 0 Å². The van der Waals surface area contributed by atoms with Crippen molar-refractivity contribution < 1.29 is 23.2 Å². The van der Waals surface area contributed by atoms with E-state index >= 15 is 0 Å². The highest BCUT2D eigenvalue weighted by atomic mass is 19.1. The van der Waals surface area contributed by atoms with E-state index in [-0.39, 0.29) is 13.0 Å². The summed E-state index contributed by atoms with van der Waals surface area (Å²) in [6.07, 6.45) is 0.918. The Kier molecular flexibility index (Phi) is 5.13. The van der Waals surface area contributed by atoms with Gasteiger partial charge >= 0.3 is 6.09 Å². The van der Waals surface area contributed by atoms with Crippen LogP contribution in [0.4, 0.5) is 14.9 Å². The molecule has 3 aromatic rings. The van der Waals surface area contributed by atoms with Crippen LogP contribution in [0.15, 0.2) is 41.1 Å². The fraction of sp³-hybridized carbons (Fsp3) is 0.250. The van der Waals surface area contributed by atoms with E-state index < -0.39 is 23.9 Å². The molecule has 0 saturated carbocycles. The molecular formula is C20H18FN5O4. The van der Waals surface area contributed by atoms with Crippen molar-refractivity contribution in [2.45, 2.75) is 25.9 Å². The molecule has 2 amide bonds. The van der Waals surface area contributed by atoms with Crippen molar-refractivity contribution in [2.24, 2.45) is 5.73 Å². The van der Waals surface area contributed by atoms with Crippen LogP contribution in [0.25, 0.3) is 22.6 Å². The number of primary amides is 1. The Morgan fingerprint density at radius 2 is 2.17 bits per heavy atom. The Hall–Kier alpha value is -3.82. The number of ether oxygens (including phenoxy) is 1. The van der Waals surface area contributed by atoms with Gasteiger partial charge in [0, 0.05) is 30.7 Å². The average Bonchev–Trinajstić information content (AvgIpc) is 3.32. The minimum atomic E-state index is -0.585. The Balaban J connectivity index is 1.51. The van der Waals surface area contributed by atoms with E-state index in [0.29, 0.717) is 40.6 Å². The first kappa shape index (κ1) is 19.5. The third-order valence-corrected chi connectivity index (χ3v) is 4.68. The summed E-state index contributed by atoms with van der Waals surface area (Å²) in [5.74, 6) is -0.192. The molecule has 3 heterocycles. The standard InChI is InChI=1S/C20H18FN5O4/c1-11-24-19(25-30-11)17-6-2-12(9-23-17)15-5-3-13(8-16(15)21)26-10-14(29-20(26)28)4-7-18(22)27/h2-3,5-6,8-9,14H,4,7,10H2,1H3,(H2,22,27). The second-order valence-electron chi connectivity index (χ2n) is 6.85. The molecule has 1 aromatic carbocycles. The largest absolute Gasteiger partial charge is 0.444 e. The number of carbonyl (C=O) groups is 2. The number of hydrogen-bond donors (Lipinski definition) is 1. The first-order chi connectivity index (χ1) is 14.4. The molecule has 0 radical (unpaired) electrons. The maximum absolute atomic E-state index is 14.8. The lowest BCUT2D eigenvalue weighted by atomic mass is 10.1. The predicted molar refractivity (Wildman–Crippen MR) is 104 cm³/mol. The number of aromatic nitrogens is 3. The van der Waals surface area contributed by atoms with Crippen molar-refractivity contribution in [3.8, 4) is 22.6 Å². The van der Waals surface area contributed by atoms with Crippen molar-refractivity contribution in [3.05, 3.63) is 48.2 Å². The fourth-order valence-corrected chi connectivity index (χ4v) is 3.18. The van der Waals surface area contributed by atoms with Crippen molar-refractivity contribution in [3.63, 3.8) is 0 Å². The highest BCUT2D eigenvalue weighted by Crippen LogP contribution is 2.30. The van der Waals surface area contributed by atoms with Crippen molar-refractivity contribution in [1.82, 2.24) is 15.1 Å². The van der Waals surface area contributed by atoms with Crippen LogP contribution in [0.1, 0.15) is 18.7 Å². The lowest BCUT2D eigenvalue weighted by molar-refractivity contribution is -0.118. The van der Waals surface area contributed by atoms with Gasteiger partial charge in [-0.25, -0.2) is 9.18 Å². The van der Waals surface area contributed by atoms with E-state index in [0.717, 1.165) is 0 Å². The Morgan fingerprint density at radius 3 is 2.80 bits per heavy atom. The molecule has 1 fully saturated rings. The van der Waals surface area contributed by atoms with E-state index in [4.69, 9.17) is 15.0 Å². The smallest absolute Gasteiger partial charge is 0.414 e. The fourth-order valence-electron chi connectivity index (χ4n) is 3.18. The molecule has 30 heavy (non-hydrogen) atoms. The van der Waals surface area contributed by atoms with Gasteiger partial charge in [0.1, 0.15) is 17.6 Å². The predicted octanol–water partition coefficient (Wildman–Crippen LogP) is 2.84. The Bertz CT molecular complexity index is 1100. The Labute approximate surface area is 170 Å². The number of amides is 2. The van der Waals surface area contributed by atoms with Gasteiger partial charge in [0.2, 0.25) is 17.6 Å². The van der Waals surface area contributed by atoms with E-state index in [1.165, 1.54) is 17.2 Å². The average molecular weight is 411 g/mol. The number of cyclic esters (lactones) is 1. The minimum absolute atomic E-state index is 0.117. The summed E-state index contributed by atoms with van der Waals surface area (Å²) in [7, 11) is 0. The maximum Gasteiger partial charge on any atom is 0.414 e. The molecule has 1 aliphatic rings. The zero-order valence-electron chi connectivity index (χ0n) is 16.0. The highest BCUT2D eigenvalue weighted by Gasteiger charge is 2.32. The second-order valence-corrected chi connectivity index (χ2v) is 6.85. The molecule has 0 spiro atoms. The van der Waals surface area contributed by atoms with Crippen LogP contribution >= 0.6 is 0 Å². The Morgan fingerprint density at radius 1 is 1.33 bits per heavy atom. The molecular weight excluding hydrogens is 393 g/mol. The third kappa shape index (κ3) is 3.97. The van der Waals surface area contributed by atoms with Crippen LogP contribution in [0, 0.1) is 12.7 Å². The van der Waals surface area contributed by atoms with E-state index in [9.17, 15) is 14.0 Å². The summed E-state index contributed by atoms with van der Waals surface area (Å²) in [6.45, 7) is 1.91. The molecule has 1 unspecified atom stereocenters. The number of aryl methyl sites for hydroxylation is 1. The summed E-state index contributed by atoms with van der Waals surface area (Å²) in [5.41, 5.74) is 6.90. The summed E-state index contributed by atoms with van der Waals surface area (Å²) >= 11 is 0. The number of nitrogens with zero attached hydrogens (tertiary/aromatic N) is 4. The van der Waals surface area contributed by atoms with Crippen LogP contribution in [0.5, 0.6) is 0 Å². The number of anilines is 1. The van der Waals surface area contributed by atoms with E-state index in [2.05, 4.69) is 15.1 Å². The first-order valence-electron chi connectivity index (χ1n) is 9.24. The van der Waals surface area contributed by atoms with Gasteiger partial charge in [-0.05, 0) is 30.7 Å². The maximum atomic E-state index is 14.8. The zero-order valence-corrected chi connectivity index (χ0v) is 16.0. The van der Waals surface area contributed by atoms with Gasteiger partial charge in [-0.1, -0.05) is 11.2 Å². The lowest BCUT2D eigenvalue weighted by Crippen LogP contribution is -2.25. The van der Waals surface area contributed by atoms with Gasteiger partial charge in [0.05, 0.1) is 12.2 Å². The molecule has 154 valence electrons. The zero-order chi connectivity index (χ0) is 21.3. The number of carbonyl (C=O) groups excluding carboxylic acids is 2. The molecule has 1 saturated heterocycles. The number of pyridine rings is 1. The van der Waals surface area contributed by atoms with Crippen molar-refractivity contribution in [2.75, 3.05) is 11.4 Å². The molecule has 2 aromatic heterocycles. The van der Waals surface area contributed by atoms with Crippen LogP contribution in [0.2, 0.25) is 0 Å². The van der Waals surface area contributed by atoms with Crippen LogP contribution in [-0.2, 0) is 9.53 Å². The lowest BCUT2D eigenvalue weighted by Gasteiger charge is -2.14. The summed E-state index contributed by atoms with van der Waals surface area (Å²) in [4.78, 5) is 32.7. The SMILES string of the molecule is Cc1nc(-c2ccc(-c3ccc(N4CC(CCC(N)=O)OC4=O)cc3F)cn2)no1.